The Bertz CT molecular complexity index is 1420. The van der Waals surface area contributed by atoms with Crippen LogP contribution in [-0.4, -0.2) is 35.6 Å². The molecule has 1 aliphatic heterocycles. The molecule has 1 amide bonds. The van der Waals surface area contributed by atoms with Crippen molar-refractivity contribution in [2.75, 3.05) is 20.2 Å². The molecule has 0 N–H and O–H groups in total. The van der Waals surface area contributed by atoms with Crippen molar-refractivity contribution in [3.63, 3.8) is 0 Å². The van der Waals surface area contributed by atoms with Gasteiger partial charge in [-0.2, -0.15) is 0 Å². The number of halogens is 1. The minimum absolute atomic E-state index is 0.0939. The number of aromatic nitrogens is 1. The van der Waals surface area contributed by atoms with Gasteiger partial charge in [0.1, 0.15) is 5.75 Å². The van der Waals surface area contributed by atoms with Crippen LogP contribution in [0.4, 0.5) is 0 Å². The Morgan fingerprint density at radius 1 is 1.15 bits per heavy atom. The van der Waals surface area contributed by atoms with Crippen molar-refractivity contribution in [3.8, 4) is 5.75 Å². The van der Waals surface area contributed by atoms with Crippen molar-refractivity contribution in [2.24, 2.45) is 4.99 Å². The van der Waals surface area contributed by atoms with E-state index in [9.17, 15) is 9.59 Å². The van der Waals surface area contributed by atoms with E-state index in [1.165, 1.54) is 11.3 Å². The molecule has 4 rings (SSSR count). The van der Waals surface area contributed by atoms with Gasteiger partial charge >= 0.3 is 0 Å². The van der Waals surface area contributed by atoms with Gasteiger partial charge in [-0.15, -0.1) is 0 Å². The lowest BCUT2D eigenvalue weighted by Crippen LogP contribution is -2.43. The summed E-state index contributed by atoms with van der Waals surface area (Å²) >= 11 is 4.82. The van der Waals surface area contributed by atoms with E-state index >= 15 is 0 Å². The molecular weight excluding hydrogens is 514 g/mol. The maximum absolute atomic E-state index is 13.7. The fourth-order valence-electron chi connectivity index (χ4n) is 4.09. The highest BCUT2D eigenvalue weighted by atomic mass is 79.9. The molecule has 2 heterocycles. The SMILES string of the molecule is CCN(CC)C(=O)C1=C(C)N=c2s/c(=C/c3ccc(OC)cc3)c(=O)n2[C@H]1c1ccc(Br)cc1. The van der Waals surface area contributed by atoms with E-state index in [1.54, 1.807) is 16.6 Å². The Morgan fingerprint density at radius 2 is 1.79 bits per heavy atom. The number of hydrogen-bond donors (Lipinski definition) is 0. The standard InChI is InChI=1S/C26H26BrN3O3S/c1-5-29(6-2)25(32)22-16(3)28-26-30(23(22)18-9-11-19(27)12-10-18)24(31)21(34-26)15-17-7-13-20(33-4)14-8-17/h7-15,23H,5-6H2,1-4H3/b21-15+/t23-/m0/s1. The van der Waals surface area contributed by atoms with Crippen LogP contribution in [0.15, 0.2) is 74.1 Å². The topological polar surface area (TPSA) is 63.9 Å². The highest BCUT2D eigenvalue weighted by molar-refractivity contribution is 9.10. The Kier molecular flexibility index (Phi) is 7.19. The van der Waals surface area contributed by atoms with Crippen LogP contribution in [0.1, 0.15) is 37.9 Å². The van der Waals surface area contributed by atoms with Crippen molar-refractivity contribution in [2.45, 2.75) is 26.8 Å². The van der Waals surface area contributed by atoms with Crippen LogP contribution in [0.2, 0.25) is 0 Å². The molecule has 0 saturated heterocycles. The predicted molar refractivity (Wildman–Crippen MR) is 139 cm³/mol. The Hall–Kier alpha value is -2.97. The molecule has 0 aliphatic carbocycles. The van der Waals surface area contributed by atoms with Crippen molar-refractivity contribution >= 4 is 39.2 Å². The van der Waals surface area contributed by atoms with Crippen LogP contribution in [0, 0.1) is 0 Å². The summed E-state index contributed by atoms with van der Waals surface area (Å²) in [4.78, 5) is 34.3. The Labute approximate surface area is 210 Å². The summed E-state index contributed by atoms with van der Waals surface area (Å²) in [6, 6.07) is 14.7. The van der Waals surface area contributed by atoms with Gasteiger partial charge in [-0.1, -0.05) is 51.5 Å². The minimum Gasteiger partial charge on any atom is -0.497 e. The number of fused-ring (bicyclic) bond motifs is 1. The third-order valence-corrected chi connectivity index (χ3v) is 7.41. The minimum atomic E-state index is -0.546. The Morgan fingerprint density at radius 3 is 2.38 bits per heavy atom. The number of amides is 1. The zero-order valence-corrected chi connectivity index (χ0v) is 21.9. The smallest absolute Gasteiger partial charge is 0.271 e. The number of nitrogens with zero attached hydrogens (tertiary/aromatic N) is 3. The van der Waals surface area contributed by atoms with E-state index in [-0.39, 0.29) is 11.5 Å². The quantitative estimate of drug-likeness (QED) is 0.477. The van der Waals surface area contributed by atoms with E-state index in [0.29, 0.717) is 33.7 Å². The third kappa shape index (κ3) is 4.52. The second-order valence-corrected chi connectivity index (χ2v) is 9.81. The summed E-state index contributed by atoms with van der Waals surface area (Å²) in [6.45, 7) is 6.93. The molecule has 0 radical (unpaired) electrons. The van der Waals surface area contributed by atoms with Crippen molar-refractivity contribution < 1.29 is 9.53 Å². The van der Waals surface area contributed by atoms with Crippen LogP contribution in [-0.2, 0) is 4.79 Å². The molecule has 3 aromatic rings. The molecule has 8 heteroatoms. The number of carbonyl (C=O) groups excluding carboxylic acids is 1. The first-order valence-corrected chi connectivity index (χ1v) is 12.7. The normalized spacial score (nSPS) is 15.7. The van der Waals surface area contributed by atoms with Crippen LogP contribution >= 0.6 is 27.3 Å². The number of likely N-dealkylation sites (N-methyl/N-ethyl adjacent to an activating group) is 1. The molecule has 0 unspecified atom stereocenters. The number of carbonyl (C=O) groups is 1. The monoisotopic (exact) mass is 539 g/mol. The summed E-state index contributed by atoms with van der Waals surface area (Å²) < 4.78 is 8.38. The Balaban J connectivity index is 1.92. The highest BCUT2D eigenvalue weighted by Gasteiger charge is 2.34. The van der Waals surface area contributed by atoms with Gasteiger partial charge in [0.05, 0.1) is 29.0 Å². The van der Waals surface area contributed by atoms with E-state index in [2.05, 4.69) is 15.9 Å². The van der Waals surface area contributed by atoms with Gasteiger partial charge in [0.15, 0.2) is 4.80 Å². The number of methoxy groups -OCH3 is 1. The largest absolute Gasteiger partial charge is 0.497 e. The highest BCUT2D eigenvalue weighted by Crippen LogP contribution is 2.31. The molecule has 1 atom stereocenters. The molecule has 0 bridgehead atoms. The van der Waals surface area contributed by atoms with Gasteiger partial charge in [0.25, 0.3) is 11.5 Å². The molecule has 1 aromatic heterocycles. The van der Waals surface area contributed by atoms with Gasteiger partial charge < -0.3 is 9.64 Å². The fourth-order valence-corrected chi connectivity index (χ4v) is 5.40. The lowest BCUT2D eigenvalue weighted by Gasteiger charge is -2.29. The summed E-state index contributed by atoms with van der Waals surface area (Å²) in [5.74, 6) is 0.660. The van der Waals surface area contributed by atoms with Crippen LogP contribution in [0.25, 0.3) is 6.08 Å². The average molecular weight is 540 g/mol. The molecule has 2 aromatic carbocycles. The van der Waals surface area contributed by atoms with E-state index in [1.807, 2.05) is 75.4 Å². The number of thiazole rings is 1. The molecule has 0 spiro atoms. The second-order valence-electron chi connectivity index (χ2n) is 7.88. The van der Waals surface area contributed by atoms with Gasteiger partial charge in [-0.05, 0) is 62.2 Å². The van der Waals surface area contributed by atoms with E-state index < -0.39 is 6.04 Å². The molecule has 6 nitrogen and oxygen atoms in total. The fraction of sp³-hybridized carbons (Fsp3) is 0.269. The van der Waals surface area contributed by atoms with Crippen LogP contribution < -0.4 is 19.6 Å². The maximum atomic E-state index is 13.7. The lowest BCUT2D eigenvalue weighted by atomic mass is 9.94. The van der Waals surface area contributed by atoms with Crippen molar-refractivity contribution in [1.82, 2.24) is 9.47 Å². The molecular formula is C26H26BrN3O3S. The summed E-state index contributed by atoms with van der Waals surface area (Å²) in [7, 11) is 1.62. The van der Waals surface area contributed by atoms with Crippen molar-refractivity contribution in [1.29, 1.82) is 0 Å². The van der Waals surface area contributed by atoms with Crippen molar-refractivity contribution in [3.05, 3.63) is 95.1 Å². The number of rotatable bonds is 6. The van der Waals surface area contributed by atoms with Gasteiger partial charge in [0, 0.05) is 17.6 Å². The zero-order chi connectivity index (χ0) is 24.4. The maximum Gasteiger partial charge on any atom is 0.271 e. The zero-order valence-electron chi connectivity index (χ0n) is 19.5. The number of hydrogen-bond acceptors (Lipinski definition) is 5. The summed E-state index contributed by atoms with van der Waals surface area (Å²) in [5.41, 5.74) is 2.77. The molecule has 1 aliphatic rings. The van der Waals surface area contributed by atoms with E-state index in [0.717, 1.165) is 21.3 Å². The first-order valence-electron chi connectivity index (χ1n) is 11.1. The molecule has 0 fully saturated rings. The lowest BCUT2D eigenvalue weighted by molar-refractivity contribution is -0.127. The summed E-state index contributed by atoms with van der Waals surface area (Å²) in [6.07, 6.45) is 1.85. The predicted octanol–water partition coefficient (Wildman–Crippen LogP) is 3.87. The number of ether oxygens (including phenoxy) is 1. The first-order chi connectivity index (χ1) is 16.4. The number of allylic oxidation sites excluding steroid dienone is 1. The number of benzene rings is 2. The molecule has 176 valence electrons. The molecule has 34 heavy (non-hydrogen) atoms. The van der Waals surface area contributed by atoms with Gasteiger partial charge in [-0.25, -0.2) is 4.99 Å². The summed E-state index contributed by atoms with van der Waals surface area (Å²) in [5, 5.41) is 0. The second kappa shape index (κ2) is 10.1. The van der Waals surface area contributed by atoms with Gasteiger partial charge in [0.2, 0.25) is 0 Å². The van der Waals surface area contributed by atoms with Gasteiger partial charge in [-0.3, -0.25) is 14.2 Å². The van der Waals surface area contributed by atoms with Crippen LogP contribution in [0.3, 0.4) is 0 Å². The first kappa shape index (κ1) is 24.2. The average Bonchev–Trinajstić information content (AvgIpc) is 3.14. The van der Waals surface area contributed by atoms with Crippen LogP contribution in [0.5, 0.6) is 5.75 Å². The van der Waals surface area contributed by atoms with E-state index in [4.69, 9.17) is 9.73 Å². The molecule has 0 saturated carbocycles. The third-order valence-electron chi connectivity index (χ3n) is 5.90.